The minimum absolute atomic E-state index is 0.253. The molecule has 1 rings (SSSR count). The zero-order valence-corrected chi connectivity index (χ0v) is 11.3. The summed E-state index contributed by atoms with van der Waals surface area (Å²) in [5.41, 5.74) is -1.31. The number of hydrogen-bond acceptors (Lipinski definition) is 2. The zero-order valence-electron chi connectivity index (χ0n) is 11.3. The standard InChI is InChI=1S/C14H18FNO3/c1-4-8-16(10(2)17)14(3,13(18)19)11-6-5-7-12(15)9-11/h5-7,9H,4,8H2,1-3H3,(H,18,19). The molecule has 5 heteroatoms. The predicted octanol–water partition coefficient (Wildman–Crippen LogP) is 2.38. The fraction of sp³-hybridized carbons (Fsp3) is 0.429. The van der Waals surface area contributed by atoms with Crippen LogP contribution in [0.25, 0.3) is 0 Å². The third-order valence-electron chi connectivity index (χ3n) is 3.17. The molecule has 1 aromatic carbocycles. The number of benzene rings is 1. The van der Waals surface area contributed by atoms with Gasteiger partial charge in [-0.3, -0.25) is 4.79 Å². The van der Waals surface area contributed by atoms with Crippen LogP contribution in [-0.2, 0) is 15.1 Å². The molecule has 0 bridgehead atoms. The Morgan fingerprint density at radius 2 is 2.05 bits per heavy atom. The van der Waals surface area contributed by atoms with Gasteiger partial charge in [-0.2, -0.15) is 0 Å². The number of carbonyl (C=O) groups is 2. The van der Waals surface area contributed by atoms with Crippen LogP contribution in [0.15, 0.2) is 24.3 Å². The van der Waals surface area contributed by atoms with E-state index in [-0.39, 0.29) is 11.5 Å². The topological polar surface area (TPSA) is 57.6 Å². The molecule has 0 aliphatic carbocycles. The SMILES string of the molecule is CCCN(C(C)=O)C(C)(C(=O)O)c1cccc(F)c1. The lowest BCUT2D eigenvalue weighted by atomic mass is 9.89. The molecule has 1 aromatic rings. The largest absolute Gasteiger partial charge is 0.479 e. The van der Waals surface area contributed by atoms with Gasteiger partial charge in [-0.1, -0.05) is 19.1 Å². The van der Waals surface area contributed by atoms with Gasteiger partial charge in [0.25, 0.3) is 0 Å². The highest BCUT2D eigenvalue weighted by atomic mass is 19.1. The molecule has 19 heavy (non-hydrogen) atoms. The summed E-state index contributed by atoms with van der Waals surface area (Å²) in [6, 6.07) is 5.35. The van der Waals surface area contributed by atoms with Crippen LogP contribution >= 0.6 is 0 Å². The van der Waals surface area contributed by atoms with Crippen molar-refractivity contribution in [3.63, 3.8) is 0 Å². The second kappa shape index (κ2) is 5.82. The molecule has 1 atom stereocenters. The quantitative estimate of drug-likeness (QED) is 0.891. The highest BCUT2D eigenvalue weighted by molar-refractivity contribution is 5.87. The van der Waals surface area contributed by atoms with Gasteiger partial charge < -0.3 is 10.0 Å². The van der Waals surface area contributed by atoms with E-state index in [1.165, 1.54) is 36.9 Å². The molecule has 0 aliphatic heterocycles. The first-order valence-electron chi connectivity index (χ1n) is 6.11. The van der Waals surface area contributed by atoms with E-state index in [0.29, 0.717) is 13.0 Å². The molecule has 0 radical (unpaired) electrons. The van der Waals surface area contributed by atoms with Crippen molar-refractivity contribution in [2.75, 3.05) is 6.54 Å². The first-order valence-corrected chi connectivity index (χ1v) is 6.11. The van der Waals surface area contributed by atoms with Gasteiger partial charge in [-0.15, -0.1) is 0 Å². The maximum absolute atomic E-state index is 13.3. The Labute approximate surface area is 111 Å². The molecule has 1 N–H and O–H groups in total. The second-order valence-corrected chi connectivity index (χ2v) is 4.56. The van der Waals surface area contributed by atoms with Crippen molar-refractivity contribution in [1.29, 1.82) is 0 Å². The summed E-state index contributed by atoms with van der Waals surface area (Å²) in [6.45, 7) is 4.88. The number of carboxylic acid groups (broad SMARTS) is 1. The third-order valence-corrected chi connectivity index (χ3v) is 3.17. The van der Waals surface area contributed by atoms with E-state index in [2.05, 4.69) is 0 Å². The summed E-state index contributed by atoms with van der Waals surface area (Å²) in [4.78, 5) is 24.6. The number of aliphatic carboxylic acids is 1. The lowest BCUT2D eigenvalue weighted by molar-refractivity contribution is -0.158. The van der Waals surface area contributed by atoms with Gasteiger partial charge in [0.2, 0.25) is 5.91 Å². The Kier molecular flexibility index (Phi) is 4.64. The molecule has 104 valence electrons. The number of carboxylic acids is 1. The summed E-state index contributed by atoms with van der Waals surface area (Å²) in [6.07, 6.45) is 0.623. The molecular weight excluding hydrogens is 249 g/mol. The monoisotopic (exact) mass is 267 g/mol. The number of carbonyl (C=O) groups excluding carboxylic acids is 1. The molecule has 4 nitrogen and oxygen atoms in total. The van der Waals surface area contributed by atoms with Crippen LogP contribution in [-0.4, -0.2) is 28.4 Å². The first-order chi connectivity index (χ1) is 8.83. The molecule has 1 unspecified atom stereocenters. The lowest BCUT2D eigenvalue weighted by Gasteiger charge is -2.37. The van der Waals surface area contributed by atoms with Crippen molar-refractivity contribution in [3.05, 3.63) is 35.6 Å². The van der Waals surface area contributed by atoms with E-state index in [9.17, 15) is 19.1 Å². The van der Waals surface area contributed by atoms with Crippen LogP contribution in [0.3, 0.4) is 0 Å². The highest BCUT2D eigenvalue weighted by Crippen LogP contribution is 2.29. The summed E-state index contributed by atoms with van der Waals surface area (Å²) in [5, 5.41) is 9.51. The Morgan fingerprint density at radius 1 is 1.42 bits per heavy atom. The highest BCUT2D eigenvalue weighted by Gasteiger charge is 2.42. The van der Waals surface area contributed by atoms with E-state index in [1.54, 1.807) is 0 Å². The minimum atomic E-state index is -1.57. The van der Waals surface area contributed by atoms with Crippen LogP contribution < -0.4 is 0 Å². The number of rotatable bonds is 5. The third kappa shape index (κ3) is 2.92. The van der Waals surface area contributed by atoms with Crippen LogP contribution in [0, 0.1) is 5.82 Å². The van der Waals surface area contributed by atoms with Gasteiger partial charge in [0, 0.05) is 13.5 Å². The Bertz CT molecular complexity index is 489. The molecule has 0 fully saturated rings. The Hall–Kier alpha value is -1.91. The number of amides is 1. The summed E-state index contributed by atoms with van der Waals surface area (Å²) >= 11 is 0. The second-order valence-electron chi connectivity index (χ2n) is 4.56. The van der Waals surface area contributed by atoms with Gasteiger partial charge in [0.15, 0.2) is 5.54 Å². The van der Waals surface area contributed by atoms with Crippen LogP contribution in [0.5, 0.6) is 0 Å². The molecule has 0 saturated heterocycles. The maximum Gasteiger partial charge on any atom is 0.334 e. The van der Waals surface area contributed by atoms with Crippen LogP contribution in [0.4, 0.5) is 4.39 Å². The molecule has 0 aliphatic rings. The van der Waals surface area contributed by atoms with Gasteiger partial charge in [-0.25, -0.2) is 9.18 Å². The van der Waals surface area contributed by atoms with Gasteiger partial charge in [0.1, 0.15) is 5.82 Å². The fourth-order valence-corrected chi connectivity index (χ4v) is 2.11. The Balaban J connectivity index is 3.37. The number of nitrogens with zero attached hydrogens (tertiary/aromatic N) is 1. The van der Waals surface area contributed by atoms with Crippen LogP contribution in [0.1, 0.15) is 32.8 Å². The smallest absolute Gasteiger partial charge is 0.334 e. The summed E-state index contributed by atoms with van der Waals surface area (Å²) in [5.74, 6) is -2.05. The summed E-state index contributed by atoms with van der Waals surface area (Å²) < 4.78 is 13.3. The minimum Gasteiger partial charge on any atom is -0.479 e. The van der Waals surface area contributed by atoms with Crippen molar-refractivity contribution >= 4 is 11.9 Å². The van der Waals surface area contributed by atoms with Gasteiger partial charge >= 0.3 is 5.97 Å². The van der Waals surface area contributed by atoms with Crippen molar-refractivity contribution in [1.82, 2.24) is 4.90 Å². The lowest BCUT2D eigenvalue weighted by Crippen LogP contribution is -2.52. The molecule has 0 aromatic heterocycles. The van der Waals surface area contributed by atoms with E-state index in [1.807, 2.05) is 6.92 Å². The maximum atomic E-state index is 13.3. The van der Waals surface area contributed by atoms with Crippen molar-refractivity contribution in [2.45, 2.75) is 32.7 Å². The van der Waals surface area contributed by atoms with Crippen molar-refractivity contribution in [3.8, 4) is 0 Å². The molecule has 0 heterocycles. The van der Waals surface area contributed by atoms with Gasteiger partial charge in [-0.05, 0) is 31.0 Å². The van der Waals surface area contributed by atoms with Crippen molar-refractivity contribution < 1.29 is 19.1 Å². The molecular formula is C14H18FNO3. The van der Waals surface area contributed by atoms with E-state index >= 15 is 0 Å². The fourth-order valence-electron chi connectivity index (χ4n) is 2.11. The normalized spacial score (nSPS) is 13.7. The average Bonchev–Trinajstić information content (AvgIpc) is 2.34. The van der Waals surface area contributed by atoms with Crippen molar-refractivity contribution in [2.24, 2.45) is 0 Å². The summed E-state index contributed by atoms with van der Waals surface area (Å²) in [7, 11) is 0. The molecule has 1 amide bonds. The van der Waals surface area contributed by atoms with E-state index in [4.69, 9.17) is 0 Å². The average molecular weight is 267 g/mol. The first kappa shape index (κ1) is 15.1. The Morgan fingerprint density at radius 3 is 2.47 bits per heavy atom. The van der Waals surface area contributed by atoms with Gasteiger partial charge in [0.05, 0.1) is 0 Å². The van der Waals surface area contributed by atoms with E-state index < -0.39 is 17.3 Å². The number of hydrogen-bond donors (Lipinski definition) is 1. The van der Waals surface area contributed by atoms with E-state index in [0.717, 1.165) is 6.07 Å². The number of halogens is 1. The van der Waals surface area contributed by atoms with Crippen LogP contribution in [0.2, 0.25) is 0 Å². The zero-order chi connectivity index (χ0) is 14.6. The molecule has 0 saturated carbocycles. The molecule has 0 spiro atoms. The predicted molar refractivity (Wildman–Crippen MR) is 69.1 cm³/mol.